The largest absolute Gasteiger partial charge is 0.419 e. The van der Waals surface area contributed by atoms with Gasteiger partial charge in [0.15, 0.2) is 10.8 Å². The minimum atomic E-state index is -4.89. The molecule has 1 unspecified atom stereocenters. The maximum Gasteiger partial charge on any atom is 0.419 e. The minimum absolute atomic E-state index is 0.169. The van der Waals surface area contributed by atoms with Crippen LogP contribution in [-0.2, 0) is 11.0 Å². The number of thioether (sulfide) groups is 1. The van der Waals surface area contributed by atoms with Crippen LogP contribution in [0.4, 0.5) is 23.2 Å². The predicted molar refractivity (Wildman–Crippen MR) is 122 cm³/mol. The van der Waals surface area contributed by atoms with Crippen molar-refractivity contribution in [1.29, 1.82) is 0 Å². The molecule has 0 spiro atoms. The molecule has 2 aromatic carbocycles. The fourth-order valence-corrected chi connectivity index (χ4v) is 5.03. The van der Waals surface area contributed by atoms with Crippen molar-refractivity contribution in [2.45, 2.75) is 30.7 Å². The molecular formula is C23H17F4N5O2S. The third-order valence-electron chi connectivity index (χ3n) is 5.63. The zero-order chi connectivity index (χ0) is 24.9. The third kappa shape index (κ3) is 4.29. The summed E-state index contributed by atoms with van der Waals surface area (Å²) in [6, 6.07) is 9.27. The van der Waals surface area contributed by atoms with E-state index in [1.807, 2.05) is 31.2 Å². The minimum Gasteiger partial charge on any atom is -0.326 e. The summed E-state index contributed by atoms with van der Waals surface area (Å²) in [6.45, 7) is 1.96. The normalized spacial score (nSPS) is 15.4. The van der Waals surface area contributed by atoms with E-state index in [1.54, 1.807) is 4.68 Å². The number of aromatic nitrogens is 4. The molecule has 1 amide bonds. The highest BCUT2D eigenvalue weighted by molar-refractivity contribution is 7.99. The average molecular weight is 503 g/mol. The van der Waals surface area contributed by atoms with Gasteiger partial charge in [0, 0.05) is 17.9 Å². The number of nitrogens with one attached hydrogen (secondary N) is 1. The molecule has 1 aliphatic heterocycles. The molecule has 1 atom stereocenters. The van der Waals surface area contributed by atoms with E-state index in [2.05, 4.69) is 15.4 Å². The number of hydrogen-bond acceptors (Lipinski definition) is 5. The summed E-state index contributed by atoms with van der Waals surface area (Å²) in [6.07, 6.45) is -3.63. The van der Waals surface area contributed by atoms with Gasteiger partial charge < -0.3 is 5.32 Å². The Labute approximate surface area is 199 Å². The molecule has 35 heavy (non-hydrogen) atoms. The number of carbonyl (C=O) groups is 1. The van der Waals surface area contributed by atoms with E-state index < -0.39 is 29.5 Å². The fourth-order valence-electron chi connectivity index (χ4n) is 3.90. The molecule has 2 aromatic heterocycles. The second-order valence-corrected chi connectivity index (χ2v) is 9.10. The molecular weight excluding hydrogens is 486 g/mol. The Hall–Kier alpha value is -3.67. The first-order chi connectivity index (χ1) is 16.6. The SMILES string of the molecule is Cc1ccc(-n2ncc3c(=O)n4c(nc32)SCC4CC(=O)Nc2ccc(F)c(C(F)(F)F)c2)cc1. The summed E-state index contributed by atoms with van der Waals surface area (Å²) in [5, 5.41) is 7.38. The number of nitrogens with zero attached hydrogens (tertiary/aromatic N) is 4. The van der Waals surface area contributed by atoms with Gasteiger partial charge in [-0.3, -0.25) is 14.2 Å². The maximum absolute atomic E-state index is 13.5. The molecule has 0 saturated carbocycles. The highest BCUT2D eigenvalue weighted by Crippen LogP contribution is 2.35. The topological polar surface area (TPSA) is 81.8 Å². The maximum atomic E-state index is 13.5. The molecule has 0 saturated heterocycles. The first-order valence-corrected chi connectivity index (χ1v) is 11.5. The van der Waals surface area contributed by atoms with E-state index in [0.717, 1.165) is 17.3 Å². The zero-order valence-corrected chi connectivity index (χ0v) is 19.0. The number of benzene rings is 2. The van der Waals surface area contributed by atoms with Gasteiger partial charge in [-0.2, -0.15) is 18.3 Å². The molecule has 0 fully saturated rings. The number of carbonyl (C=O) groups excluding carboxylic acids is 1. The van der Waals surface area contributed by atoms with Crippen molar-refractivity contribution in [3.05, 3.63) is 76.0 Å². The summed E-state index contributed by atoms with van der Waals surface area (Å²) in [7, 11) is 0. The Morgan fingerprint density at radius 3 is 2.66 bits per heavy atom. The highest BCUT2D eigenvalue weighted by Gasteiger charge is 2.34. The summed E-state index contributed by atoms with van der Waals surface area (Å²) in [5.74, 6) is -1.65. The van der Waals surface area contributed by atoms with Gasteiger partial charge in [0.1, 0.15) is 11.2 Å². The van der Waals surface area contributed by atoms with Crippen molar-refractivity contribution in [2.24, 2.45) is 0 Å². The lowest BCUT2D eigenvalue weighted by atomic mass is 10.1. The molecule has 1 aliphatic rings. The van der Waals surface area contributed by atoms with Gasteiger partial charge >= 0.3 is 6.18 Å². The van der Waals surface area contributed by atoms with Gasteiger partial charge in [-0.1, -0.05) is 29.5 Å². The number of fused-ring (bicyclic) bond motifs is 2. The number of amides is 1. The molecule has 5 rings (SSSR count). The molecule has 12 heteroatoms. The number of halogens is 4. The predicted octanol–water partition coefficient (Wildman–Crippen LogP) is 4.72. The van der Waals surface area contributed by atoms with Gasteiger partial charge in [0.05, 0.1) is 23.5 Å². The monoisotopic (exact) mass is 503 g/mol. The molecule has 0 radical (unpaired) electrons. The highest BCUT2D eigenvalue weighted by atomic mass is 32.2. The van der Waals surface area contributed by atoms with Crippen molar-refractivity contribution in [3.63, 3.8) is 0 Å². The van der Waals surface area contributed by atoms with E-state index in [9.17, 15) is 27.2 Å². The third-order valence-corrected chi connectivity index (χ3v) is 6.72. The van der Waals surface area contributed by atoms with Crippen LogP contribution in [0.25, 0.3) is 16.7 Å². The summed E-state index contributed by atoms with van der Waals surface area (Å²) in [5.41, 5.74) is 0.214. The lowest BCUT2D eigenvalue weighted by molar-refractivity contribution is -0.140. The standard InChI is InChI=1S/C23H17F4N5O2S/c1-12-2-5-14(6-3-12)32-20-16(10-28-32)21(34)31-15(11-35-22(31)30-20)9-19(33)29-13-4-7-18(24)17(8-13)23(25,26)27/h2-8,10,15H,9,11H2,1H3,(H,29,33). The number of aryl methyl sites for hydroxylation is 1. The van der Waals surface area contributed by atoms with Crippen LogP contribution in [0.5, 0.6) is 0 Å². The molecule has 0 bridgehead atoms. The van der Waals surface area contributed by atoms with E-state index in [4.69, 9.17) is 0 Å². The van der Waals surface area contributed by atoms with Crippen LogP contribution in [0.1, 0.15) is 23.6 Å². The van der Waals surface area contributed by atoms with Gasteiger partial charge in [-0.05, 0) is 37.3 Å². The Balaban J connectivity index is 1.40. The second-order valence-electron chi connectivity index (χ2n) is 8.11. The van der Waals surface area contributed by atoms with E-state index in [0.29, 0.717) is 28.7 Å². The lowest BCUT2D eigenvalue weighted by Crippen LogP contribution is -2.27. The first-order valence-electron chi connectivity index (χ1n) is 10.5. The molecule has 1 N–H and O–H groups in total. The Morgan fingerprint density at radius 2 is 1.94 bits per heavy atom. The van der Waals surface area contributed by atoms with Crippen LogP contribution >= 0.6 is 11.8 Å². The van der Waals surface area contributed by atoms with E-state index in [-0.39, 0.29) is 23.1 Å². The molecule has 3 heterocycles. The first kappa shape index (κ1) is 23.1. The number of anilines is 1. The van der Waals surface area contributed by atoms with Crippen molar-refractivity contribution >= 4 is 34.4 Å². The number of rotatable bonds is 4. The Bertz CT molecular complexity index is 1510. The van der Waals surface area contributed by atoms with E-state index in [1.165, 1.54) is 22.5 Å². The second kappa shape index (κ2) is 8.52. The van der Waals surface area contributed by atoms with Crippen LogP contribution in [0.15, 0.2) is 58.6 Å². The van der Waals surface area contributed by atoms with Crippen LogP contribution in [-0.4, -0.2) is 31.0 Å². The summed E-state index contributed by atoms with van der Waals surface area (Å²) < 4.78 is 55.4. The van der Waals surface area contributed by atoms with Crippen molar-refractivity contribution in [2.75, 3.05) is 11.1 Å². The van der Waals surface area contributed by atoms with Crippen molar-refractivity contribution < 1.29 is 22.4 Å². The Morgan fingerprint density at radius 1 is 1.20 bits per heavy atom. The zero-order valence-electron chi connectivity index (χ0n) is 18.1. The lowest BCUT2D eigenvalue weighted by Gasteiger charge is -2.14. The summed E-state index contributed by atoms with van der Waals surface area (Å²) in [4.78, 5) is 30.4. The summed E-state index contributed by atoms with van der Waals surface area (Å²) >= 11 is 1.30. The smallest absolute Gasteiger partial charge is 0.326 e. The van der Waals surface area contributed by atoms with Gasteiger partial charge in [-0.25, -0.2) is 14.1 Å². The molecule has 4 aromatic rings. The van der Waals surface area contributed by atoms with Gasteiger partial charge in [0.25, 0.3) is 5.56 Å². The Kier molecular flexibility index (Phi) is 5.62. The van der Waals surface area contributed by atoms with Crippen molar-refractivity contribution in [1.82, 2.24) is 19.3 Å². The molecule has 7 nitrogen and oxygen atoms in total. The quantitative estimate of drug-likeness (QED) is 0.322. The average Bonchev–Trinajstić information content (AvgIpc) is 3.40. The van der Waals surface area contributed by atoms with Gasteiger partial charge in [-0.15, -0.1) is 0 Å². The van der Waals surface area contributed by atoms with E-state index >= 15 is 0 Å². The fraction of sp³-hybridized carbons (Fsp3) is 0.217. The van der Waals surface area contributed by atoms with Crippen molar-refractivity contribution in [3.8, 4) is 5.69 Å². The van der Waals surface area contributed by atoms with Crippen LogP contribution in [0.3, 0.4) is 0 Å². The van der Waals surface area contributed by atoms with Crippen LogP contribution in [0.2, 0.25) is 0 Å². The van der Waals surface area contributed by atoms with Gasteiger partial charge in [0.2, 0.25) is 5.91 Å². The number of alkyl halides is 3. The molecule has 180 valence electrons. The molecule has 0 aliphatic carbocycles. The van der Waals surface area contributed by atoms with Crippen LogP contribution < -0.4 is 10.9 Å². The van der Waals surface area contributed by atoms with Crippen LogP contribution in [0, 0.1) is 12.7 Å². The number of hydrogen-bond donors (Lipinski definition) is 1.